The maximum atomic E-state index is 11.9. The van der Waals surface area contributed by atoms with Crippen molar-refractivity contribution in [1.82, 2.24) is 10.2 Å². The molecule has 2 atom stereocenters. The smallest absolute Gasteiger partial charge is 0.282 e. The van der Waals surface area contributed by atoms with Crippen molar-refractivity contribution in [2.45, 2.75) is 18.5 Å². The highest BCUT2D eigenvalue weighted by Crippen LogP contribution is 2.35. The molecule has 2 bridgehead atoms. The number of nitrogens with one attached hydrogen (secondary N) is 1. The lowest BCUT2D eigenvalue weighted by Crippen LogP contribution is -2.44. The zero-order valence-corrected chi connectivity index (χ0v) is 12.1. The third-order valence-electron chi connectivity index (χ3n) is 4.49. The van der Waals surface area contributed by atoms with E-state index in [2.05, 4.69) is 22.2 Å². The zero-order valence-electron chi connectivity index (χ0n) is 12.1. The molecular weight excluding hydrogens is 272 g/mol. The molecule has 3 rings (SSSR count). The second-order valence-electron chi connectivity index (χ2n) is 5.67. The van der Waals surface area contributed by atoms with Gasteiger partial charge >= 0.3 is 0 Å². The predicted octanol–water partition coefficient (Wildman–Crippen LogP) is 0.847. The van der Waals surface area contributed by atoms with Gasteiger partial charge in [-0.25, -0.2) is 0 Å². The summed E-state index contributed by atoms with van der Waals surface area (Å²) in [6.45, 7) is 1.91. The largest absolute Gasteiger partial charge is 0.366 e. The first kappa shape index (κ1) is 13.8. The number of fused-ring (bicyclic) bond motifs is 2. The minimum atomic E-state index is -0.516. The van der Waals surface area contributed by atoms with Gasteiger partial charge in [-0.15, -0.1) is 0 Å². The lowest BCUT2D eigenvalue weighted by Gasteiger charge is -2.33. The monoisotopic (exact) mass is 290 g/mol. The number of rotatable bonds is 3. The van der Waals surface area contributed by atoms with Crippen LogP contribution in [0.5, 0.6) is 0 Å². The van der Waals surface area contributed by atoms with E-state index in [0.29, 0.717) is 12.1 Å². The quantitative estimate of drug-likeness (QED) is 0.659. The summed E-state index contributed by atoms with van der Waals surface area (Å²) in [6.07, 6.45) is 1.11. The van der Waals surface area contributed by atoms with Crippen molar-refractivity contribution >= 4 is 17.3 Å². The fourth-order valence-electron chi connectivity index (χ4n) is 3.36. The minimum absolute atomic E-state index is 0.121. The van der Waals surface area contributed by atoms with E-state index in [9.17, 15) is 14.9 Å². The average Bonchev–Trinajstić information content (AvgIpc) is 3.04. The Morgan fingerprint density at radius 1 is 1.38 bits per heavy atom. The lowest BCUT2D eigenvalue weighted by molar-refractivity contribution is -0.385. The van der Waals surface area contributed by atoms with Crippen molar-refractivity contribution in [1.29, 1.82) is 0 Å². The molecule has 1 amide bonds. The van der Waals surface area contributed by atoms with Crippen molar-refractivity contribution in [2.24, 2.45) is 0 Å². The van der Waals surface area contributed by atoms with E-state index in [0.717, 1.165) is 25.2 Å². The van der Waals surface area contributed by atoms with Crippen LogP contribution in [-0.4, -0.2) is 55.0 Å². The van der Waals surface area contributed by atoms with Gasteiger partial charge in [-0.3, -0.25) is 19.8 Å². The minimum Gasteiger partial charge on any atom is -0.366 e. The van der Waals surface area contributed by atoms with Gasteiger partial charge in [-0.2, -0.15) is 0 Å². The zero-order chi connectivity index (χ0) is 15.1. The number of nitro groups is 1. The Labute approximate surface area is 122 Å². The number of benzene rings is 1. The molecule has 0 spiro atoms. The standard InChI is InChI=1S/C14H18N4O3/c1-15-14(19)12-6-9(3-4-13(12)18(20)21)17-8-10-5-11(17)7-16(10)2/h3-4,6,10-11H,5,7-8H2,1-2H3,(H,15,19)/t10-,11-/m0/s1. The van der Waals surface area contributed by atoms with E-state index in [1.165, 1.54) is 13.1 Å². The van der Waals surface area contributed by atoms with Gasteiger partial charge in [0.15, 0.2) is 0 Å². The summed E-state index contributed by atoms with van der Waals surface area (Å²) >= 11 is 0. The highest BCUT2D eigenvalue weighted by molar-refractivity contribution is 5.99. The Balaban J connectivity index is 1.94. The average molecular weight is 290 g/mol. The Kier molecular flexibility index (Phi) is 3.29. The van der Waals surface area contributed by atoms with Gasteiger partial charge in [0, 0.05) is 44.0 Å². The maximum absolute atomic E-state index is 11.9. The Bertz CT molecular complexity index is 602. The van der Waals surface area contributed by atoms with Gasteiger partial charge in [0.1, 0.15) is 5.56 Å². The van der Waals surface area contributed by atoms with Gasteiger partial charge in [-0.1, -0.05) is 0 Å². The van der Waals surface area contributed by atoms with Gasteiger partial charge in [0.05, 0.1) is 4.92 Å². The van der Waals surface area contributed by atoms with Gasteiger partial charge in [0.25, 0.3) is 11.6 Å². The second-order valence-corrected chi connectivity index (χ2v) is 5.67. The third-order valence-corrected chi connectivity index (χ3v) is 4.49. The number of likely N-dealkylation sites (tertiary alicyclic amines) is 1. The maximum Gasteiger partial charge on any atom is 0.282 e. The first-order valence-corrected chi connectivity index (χ1v) is 6.98. The molecule has 0 aromatic heterocycles. The number of piperazine rings is 1. The van der Waals surface area contributed by atoms with E-state index < -0.39 is 10.8 Å². The molecule has 2 saturated heterocycles. The summed E-state index contributed by atoms with van der Waals surface area (Å²) in [5.74, 6) is -0.426. The van der Waals surface area contributed by atoms with Crippen molar-refractivity contribution in [3.63, 3.8) is 0 Å². The molecule has 2 heterocycles. The third kappa shape index (κ3) is 2.23. The van der Waals surface area contributed by atoms with E-state index in [1.807, 2.05) is 0 Å². The number of nitro benzene ring substituents is 1. The number of hydrogen-bond acceptors (Lipinski definition) is 5. The number of carbonyl (C=O) groups is 1. The van der Waals surface area contributed by atoms with E-state index in [1.54, 1.807) is 12.1 Å². The molecule has 2 fully saturated rings. The molecule has 1 aromatic carbocycles. The number of carbonyl (C=O) groups excluding carboxylic acids is 1. The summed E-state index contributed by atoms with van der Waals surface area (Å²) in [6, 6.07) is 5.77. The van der Waals surface area contributed by atoms with Crippen LogP contribution in [0.15, 0.2) is 18.2 Å². The van der Waals surface area contributed by atoms with E-state index in [-0.39, 0.29) is 11.3 Å². The first-order valence-electron chi connectivity index (χ1n) is 6.98. The van der Waals surface area contributed by atoms with Crippen LogP contribution in [0, 0.1) is 10.1 Å². The highest BCUT2D eigenvalue weighted by atomic mass is 16.6. The molecule has 112 valence electrons. The van der Waals surface area contributed by atoms with Crippen LogP contribution < -0.4 is 10.2 Å². The number of anilines is 1. The summed E-state index contributed by atoms with van der Waals surface area (Å²) in [5.41, 5.74) is 0.857. The molecule has 0 saturated carbocycles. The molecular formula is C14H18N4O3. The summed E-state index contributed by atoms with van der Waals surface area (Å²) in [7, 11) is 3.60. The van der Waals surface area contributed by atoms with E-state index in [4.69, 9.17) is 0 Å². The molecule has 21 heavy (non-hydrogen) atoms. The van der Waals surface area contributed by atoms with Crippen LogP contribution in [-0.2, 0) is 0 Å². The molecule has 7 heteroatoms. The fraction of sp³-hybridized carbons (Fsp3) is 0.500. The number of amides is 1. The SMILES string of the molecule is CNC(=O)c1cc(N2C[C@@H]3C[C@H]2CN3C)ccc1[N+](=O)[O-]. The molecule has 2 aliphatic rings. The molecule has 2 aliphatic heterocycles. The lowest BCUT2D eigenvalue weighted by atomic mass is 10.1. The van der Waals surface area contributed by atoms with Gasteiger partial charge in [-0.05, 0) is 25.6 Å². The molecule has 0 radical (unpaired) electrons. The topological polar surface area (TPSA) is 78.7 Å². The van der Waals surface area contributed by atoms with Crippen LogP contribution in [0.3, 0.4) is 0 Å². The van der Waals surface area contributed by atoms with Crippen molar-refractivity contribution in [3.05, 3.63) is 33.9 Å². The van der Waals surface area contributed by atoms with Crippen LogP contribution in [0.4, 0.5) is 11.4 Å². The molecule has 1 aromatic rings. The highest BCUT2D eigenvalue weighted by Gasteiger charge is 2.41. The molecule has 0 unspecified atom stereocenters. The first-order chi connectivity index (χ1) is 10.0. The predicted molar refractivity (Wildman–Crippen MR) is 78.7 cm³/mol. The van der Waals surface area contributed by atoms with Crippen LogP contribution in [0.25, 0.3) is 0 Å². The Morgan fingerprint density at radius 2 is 2.14 bits per heavy atom. The van der Waals surface area contributed by atoms with E-state index >= 15 is 0 Å². The molecule has 7 nitrogen and oxygen atoms in total. The van der Waals surface area contributed by atoms with Crippen molar-refractivity contribution in [2.75, 3.05) is 32.1 Å². The van der Waals surface area contributed by atoms with Gasteiger partial charge in [0.2, 0.25) is 0 Å². The fourth-order valence-corrected chi connectivity index (χ4v) is 3.36. The molecule has 0 aliphatic carbocycles. The number of nitrogens with zero attached hydrogens (tertiary/aromatic N) is 3. The summed E-state index contributed by atoms with van der Waals surface area (Å²) < 4.78 is 0. The number of likely N-dealkylation sites (N-methyl/N-ethyl adjacent to an activating group) is 1. The number of hydrogen-bond donors (Lipinski definition) is 1. The van der Waals surface area contributed by atoms with Crippen LogP contribution in [0.1, 0.15) is 16.8 Å². The van der Waals surface area contributed by atoms with Crippen molar-refractivity contribution in [3.8, 4) is 0 Å². The summed E-state index contributed by atoms with van der Waals surface area (Å²) in [4.78, 5) is 27.0. The van der Waals surface area contributed by atoms with Gasteiger partial charge < -0.3 is 10.2 Å². The van der Waals surface area contributed by atoms with Crippen LogP contribution in [0.2, 0.25) is 0 Å². The molecule has 1 N–H and O–H groups in total. The van der Waals surface area contributed by atoms with Crippen molar-refractivity contribution < 1.29 is 9.72 Å². The second kappa shape index (κ2) is 5.00. The Hall–Kier alpha value is -2.15. The Morgan fingerprint density at radius 3 is 2.67 bits per heavy atom. The van der Waals surface area contributed by atoms with Crippen LogP contribution >= 0.6 is 0 Å². The summed E-state index contributed by atoms with van der Waals surface area (Å²) in [5, 5.41) is 13.5. The normalized spacial score (nSPS) is 24.4.